The molecule has 0 saturated heterocycles. The third-order valence-electron chi connectivity index (χ3n) is 2.84. The van der Waals surface area contributed by atoms with Gasteiger partial charge in [0.1, 0.15) is 0 Å². The number of halogens is 2. The highest BCUT2D eigenvalue weighted by molar-refractivity contribution is 6.31. The Morgan fingerprint density at radius 3 is 2.63 bits per heavy atom. The van der Waals surface area contributed by atoms with Crippen molar-refractivity contribution in [1.29, 1.82) is 0 Å². The Bertz CT molecular complexity index is 611. The van der Waals surface area contributed by atoms with Gasteiger partial charge < -0.3 is 5.32 Å². The van der Waals surface area contributed by atoms with Crippen LogP contribution in [0.2, 0.25) is 5.02 Å². The van der Waals surface area contributed by atoms with Crippen molar-refractivity contribution >= 4 is 34.8 Å². The Labute approximate surface area is 122 Å². The lowest BCUT2D eigenvalue weighted by atomic mass is 10.1. The van der Waals surface area contributed by atoms with Crippen molar-refractivity contribution in [2.75, 3.05) is 5.32 Å². The highest BCUT2D eigenvalue weighted by Crippen LogP contribution is 2.20. The summed E-state index contributed by atoms with van der Waals surface area (Å²) in [4.78, 5) is 12.1. The Hall–Kier alpha value is -1.51. The predicted molar refractivity (Wildman–Crippen MR) is 80.1 cm³/mol. The number of alkyl halides is 1. The first kappa shape index (κ1) is 13.9. The lowest BCUT2D eigenvalue weighted by Gasteiger charge is -2.09. The number of nitrogens with one attached hydrogen (secondary N) is 1. The highest BCUT2D eigenvalue weighted by atomic mass is 35.5. The molecule has 0 heterocycles. The molecule has 19 heavy (non-hydrogen) atoms. The summed E-state index contributed by atoms with van der Waals surface area (Å²) in [5, 5.41) is 3.42. The van der Waals surface area contributed by atoms with Gasteiger partial charge in [-0.3, -0.25) is 4.79 Å². The van der Waals surface area contributed by atoms with Gasteiger partial charge in [0.05, 0.1) is 0 Å². The smallest absolute Gasteiger partial charge is 0.255 e. The second-order valence-electron chi connectivity index (χ2n) is 4.21. The maximum atomic E-state index is 12.1. The molecule has 0 aliphatic rings. The van der Waals surface area contributed by atoms with Crippen molar-refractivity contribution in [1.82, 2.24) is 0 Å². The van der Waals surface area contributed by atoms with Gasteiger partial charge in [0.25, 0.3) is 5.91 Å². The van der Waals surface area contributed by atoms with E-state index in [1.807, 2.05) is 37.3 Å². The highest BCUT2D eigenvalue weighted by Gasteiger charge is 2.09. The second-order valence-corrected chi connectivity index (χ2v) is 4.88. The number of carbonyl (C=O) groups excluding carboxylic acids is 1. The topological polar surface area (TPSA) is 29.1 Å². The molecule has 0 spiro atoms. The van der Waals surface area contributed by atoms with Crippen LogP contribution in [-0.2, 0) is 5.88 Å². The van der Waals surface area contributed by atoms with E-state index in [1.165, 1.54) is 0 Å². The molecule has 0 aliphatic carbocycles. The van der Waals surface area contributed by atoms with Crippen molar-refractivity contribution in [3.8, 4) is 0 Å². The third kappa shape index (κ3) is 3.28. The van der Waals surface area contributed by atoms with E-state index in [0.29, 0.717) is 16.5 Å². The normalized spacial score (nSPS) is 10.3. The van der Waals surface area contributed by atoms with Crippen LogP contribution in [0.25, 0.3) is 0 Å². The molecule has 2 nitrogen and oxygen atoms in total. The fourth-order valence-electron chi connectivity index (χ4n) is 1.69. The monoisotopic (exact) mass is 293 g/mol. The molecule has 0 bridgehead atoms. The fraction of sp³-hybridized carbons (Fsp3) is 0.133. The molecule has 0 unspecified atom stereocenters. The standard InChI is InChI=1S/C15H13Cl2NO/c1-10-6-7-11(8-13(10)17)15(19)18-14-5-3-2-4-12(14)9-16/h2-8H,9H2,1H3,(H,18,19). The van der Waals surface area contributed by atoms with Gasteiger partial charge in [-0.05, 0) is 36.2 Å². The van der Waals surface area contributed by atoms with Crippen LogP contribution in [-0.4, -0.2) is 5.91 Å². The number of benzene rings is 2. The van der Waals surface area contributed by atoms with Gasteiger partial charge >= 0.3 is 0 Å². The lowest BCUT2D eigenvalue weighted by molar-refractivity contribution is 0.102. The number of aryl methyl sites for hydroxylation is 1. The van der Waals surface area contributed by atoms with Crippen molar-refractivity contribution in [3.63, 3.8) is 0 Å². The van der Waals surface area contributed by atoms with Crippen LogP contribution in [0.4, 0.5) is 5.69 Å². The zero-order valence-corrected chi connectivity index (χ0v) is 11.9. The molecule has 0 radical (unpaired) electrons. The van der Waals surface area contributed by atoms with Crippen molar-refractivity contribution in [2.45, 2.75) is 12.8 Å². The van der Waals surface area contributed by atoms with Crippen molar-refractivity contribution in [2.24, 2.45) is 0 Å². The average molecular weight is 294 g/mol. The third-order valence-corrected chi connectivity index (χ3v) is 3.54. The number of rotatable bonds is 3. The number of anilines is 1. The van der Waals surface area contributed by atoms with Crippen LogP contribution < -0.4 is 5.32 Å². The van der Waals surface area contributed by atoms with Crippen molar-refractivity contribution < 1.29 is 4.79 Å². The lowest BCUT2D eigenvalue weighted by Crippen LogP contribution is -2.13. The molecular weight excluding hydrogens is 281 g/mol. The van der Waals surface area contributed by atoms with Crippen LogP contribution in [0.1, 0.15) is 21.5 Å². The maximum absolute atomic E-state index is 12.1. The molecule has 0 aliphatic heterocycles. The van der Waals surface area contributed by atoms with Crippen LogP contribution in [0.5, 0.6) is 0 Å². The number of hydrogen-bond acceptors (Lipinski definition) is 1. The number of amides is 1. The molecule has 1 N–H and O–H groups in total. The Kier molecular flexibility index (Phi) is 4.46. The van der Waals surface area contributed by atoms with Crippen LogP contribution in [0.15, 0.2) is 42.5 Å². The largest absolute Gasteiger partial charge is 0.322 e. The van der Waals surface area contributed by atoms with E-state index in [-0.39, 0.29) is 5.91 Å². The van der Waals surface area contributed by atoms with Gasteiger partial charge in [-0.2, -0.15) is 0 Å². The van der Waals surface area contributed by atoms with Crippen LogP contribution >= 0.6 is 23.2 Å². The van der Waals surface area contributed by atoms with Gasteiger partial charge in [-0.15, -0.1) is 11.6 Å². The summed E-state index contributed by atoms with van der Waals surface area (Å²) in [7, 11) is 0. The van der Waals surface area contributed by atoms with E-state index in [1.54, 1.807) is 12.1 Å². The number of para-hydroxylation sites is 1. The van der Waals surface area contributed by atoms with Gasteiger partial charge in [0.15, 0.2) is 0 Å². The zero-order chi connectivity index (χ0) is 13.8. The van der Waals surface area contributed by atoms with E-state index < -0.39 is 0 Å². The molecule has 2 rings (SSSR count). The van der Waals surface area contributed by atoms with Gasteiger partial charge in [0, 0.05) is 22.2 Å². The maximum Gasteiger partial charge on any atom is 0.255 e. The summed E-state index contributed by atoms with van der Waals surface area (Å²) < 4.78 is 0. The summed E-state index contributed by atoms with van der Waals surface area (Å²) >= 11 is 11.9. The van der Waals surface area contributed by atoms with Crippen LogP contribution in [0.3, 0.4) is 0 Å². The molecule has 4 heteroatoms. The average Bonchev–Trinajstić information content (AvgIpc) is 2.42. The fourth-order valence-corrected chi connectivity index (χ4v) is 2.10. The van der Waals surface area contributed by atoms with E-state index in [9.17, 15) is 4.79 Å². The molecule has 0 aromatic heterocycles. The summed E-state index contributed by atoms with van der Waals surface area (Å²) in [6, 6.07) is 12.7. The first-order chi connectivity index (χ1) is 9.11. The van der Waals surface area contributed by atoms with Gasteiger partial charge in [-0.1, -0.05) is 35.9 Å². The van der Waals surface area contributed by atoms with Gasteiger partial charge in [0.2, 0.25) is 0 Å². The minimum Gasteiger partial charge on any atom is -0.322 e. The Balaban J connectivity index is 2.23. The molecule has 98 valence electrons. The molecular formula is C15H13Cl2NO. The van der Waals surface area contributed by atoms with Crippen molar-refractivity contribution in [3.05, 3.63) is 64.2 Å². The molecule has 0 fully saturated rings. The van der Waals surface area contributed by atoms with E-state index in [4.69, 9.17) is 23.2 Å². The molecule has 0 saturated carbocycles. The predicted octanol–water partition coefficient (Wildman–Crippen LogP) is 4.64. The summed E-state index contributed by atoms with van der Waals surface area (Å²) in [6.07, 6.45) is 0. The summed E-state index contributed by atoms with van der Waals surface area (Å²) in [5.41, 5.74) is 3.08. The Morgan fingerprint density at radius 2 is 1.95 bits per heavy atom. The SMILES string of the molecule is Cc1ccc(C(=O)Nc2ccccc2CCl)cc1Cl. The second kappa shape index (κ2) is 6.09. The first-order valence-electron chi connectivity index (χ1n) is 5.83. The van der Waals surface area contributed by atoms with E-state index >= 15 is 0 Å². The van der Waals surface area contributed by atoms with Crippen LogP contribution in [0, 0.1) is 6.92 Å². The molecule has 0 atom stereocenters. The quantitative estimate of drug-likeness (QED) is 0.821. The molecule has 2 aromatic rings. The zero-order valence-electron chi connectivity index (χ0n) is 10.4. The number of hydrogen-bond donors (Lipinski definition) is 1. The van der Waals surface area contributed by atoms with Gasteiger partial charge in [-0.25, -0.2) is 0 Å². The van der Waals surface area contributed by atoms with E-state index in [2.05, 4.69) is 5.32 Å². The first-order valence-corrected chi connectivity index (χ1v) is 6.74. The summed E-state index contributed by atoms with van der Waals surface area (Å²) in [6.45, 7) is 1.90. The summed E-state index contributed by atoms with van der Waals surface area (Å²) in [5.74, 6) is 0.157. The number of carbonyl (C=O) groups is 1. The minimum atomic E-state index is -0.195. The molecule has 1 amide bonds. The Morgan fingerprint density at radius 1 is 1.21 bits per heavy atom. The minimum absolute atomic E-state index is 0.195. The molecule has 2 aromatic carbocycles. The van der Waals surface area contributed by atoms with E-state index in [0.717, 1.165) is 16.8 Å².